The Bertz CT molecular complexity index is 563. The molecule has 2 rings (SSSR count). The minimum absolute atomic E-state index is 0.507. The summed E-state index contributed by atoms with van der Waals surface area (Å²) in [4.78, 5) is 2.06. The van der Waals surface area contributed by atoms with Crippen LogP contribution in [0.3, 0.4) is 0 Å². The van der Waals surface area contributed by atoms with Crippen molar-refractivity contribution in [3.8, 4) is 0 Å². The second-order valence-electron chi connectivity index (χ2n) is 4.74. The number of rotatable bonds is 4. The number of hydrogen-bond acceptors (Lipinski definition) is 3. The number of nitrogens with zero attached hydrogens (tertiary/aromatic N) is 1. The predicted octanol–water partition coefficient (Wildman–Crippen LogP) is 3.93. The highest BCUT2D eigenvalue weighted by molar-refractivity contribution is 6.33. The van der Waals surface area contributed by atoms with Crippen molar-refractivity contribution < 1.29 is 9.52 Å². The van der Waals surface area contributed by atoms with Crippen molar-refractivity contribution in [3.63, 3.8) is 0 Å². The van der Waals surface area contributed by atoms with Gasteiger partial charge in [0.1, 0.15) is 5.76 Å². The molecule has 0 saturated heterocycles. The summed E-state index contributed by atoms with van der Waals surface area (Å²) in [6.07, 6.45) is 1.18. The van der Waals surface area contributed by atoms with Gasteiger partial charge >= 0.3 is 0 Å². The van der Waals surface area contributed by atoms with Gasteiger partial charge in [0.05, 0.1) is 23.1 Å². The standard InChI is InChI=1S/C15H18ClNO2/c1-10(18)12-4-5-15(14(16)8-12)17(3)9-13-6-7-19-11(13)2/h4-8,10,18H,9H2,1-3H3/t10-/m1/s1. The molecule has 0 amide bonds. The molecule has 4 heteroatoms. The fraction of sp³-hybridized carbons (Fsp3) is 0.333. The predicted molar refractivity (Wildman–Crippen MR) is 77.6 cm³/mol. The zero-order valence-electron chi connectivity index (χ0n) is 11.4. The van der Waals surface area contributed by atoms with Gasteiger partial charge in [-0.25, -0.2) is 0 Å². The van der Waals surface area contributed by atoms with E-state index >= 15 is 0 Å². The second kappa shape index (κ2) is 5.68. The average Bonchev–Trinajstić information content (AvgIpc) is 2.74. The van der Waals surface area contributed by atoms with Gasteiger partial charge in [-0.05, 0) is 37.6 Å². The number of anilines is 1. The van der Waals surface area contributed by atoms with E-state index < -0.39 is 6.10 Å². The van der Waals surface area contributed by atoms with Crippen LogP contribution in [0.4, 0.5) is 5.69 Å². The highest BCUT2D eigenvalue weighted by atomic mass is 35.5. The maximum Gasteiger partial charge on any atom is 0.105 e. The van der Waals surface area contributed by atoms with Crippen LogP contribution in [0.2, 0.25) is 5.02 Å². The Morgan fingerprint density at radius 2 is 2.11 bits per heavy atom. The molecule has 1 aromatic heterocycles. The van der Waals surface area contributed by atoms with Crippen LogP contribution in [0.1, 0.15) is 29.9 Å². The Morgan fingerprint density at radius 3 is 2.63 bits per heavy atom. The minimum atomic E-state index is -0.507. The van der Waals surface area contributed by atoms with E-state index in [2.05, 4.69) is 4.90 Å². The van der Waals surface area contributed by atoms with Crippen LogP contribution in [0, 0.1) is 6.92 Å². The highest BCUT2D eigenvalue weighted by Crippen LogP contribution is 2.29. The van der Waals surface area contributed by atoms with Gasteiger partial charge in [0.15, 0.2) is 0 Å². The van der Waals surface area contributed by atoms with Crippen molar-refractivity contribution in [1.82, 2.24) is 0 Å². The average molecular weight is 280 g/mol. The lowest BCUT2D eigenvalue weighted by atomic mass is 10.1. The van der Waals surface area contributed by atoms with Gasteiger partial charge < -0.3 is 14.4 Å². The van der Waals surface area contributed by atoms with Crippen LogP contribution >= 0.6 is 11.6 Å². The maximum absolute atomic E-state index is 9.54. The molecule has 1 aromatic carbocycles. The molecule has 0 aliphatic heterocycles. The zero-order valence-corrected chi connectivity index (χ0v) is 12.1. The van der Waals surface area contributed by atoms with E-state index in [-0.39, 0.29) is 0 Å². The van der Waals surface area contributed by atoms with Crippen molar-refractivity contribution in [2.24, 2.45) is 0 Å². The number of aliphatic hydroxyl groups is 1. The van der Waals surface area contributed by atoms with E-state index in [0.717, 1.165) is 29.1 Å². The van der Waals surface area contributed by atoms with Crippen LogP contribution < -0.4 is 4.90 Å². The highest BCUT2D eigenvalue weighted by Gasteiger charge is 2.11. The number of benzene rings is 1. The molecule has 1 heterocycles. The summed E-state index contributed by atoms with van der Waals surface area (Å²) in [5.74, 6) is 0.920. The van der Waals surface area contributed by atoms with Gasteiger partial charge in [0.25, 0.3) is 0 Å². The first kappa shape index (κ1) is 14.0. The summed E-state index contributed by atoms with van der Waals surface area (Å²) in [6, 6.07) is 7.59. The lowest BCUT2D eigenvalue weighted by Gasteiger charge is -2.21. The normalized spacial score (nSPS) is 12.5. The third-order valence-electron chi connectivity index (χ3n) is 3.24. The van der Waals surface area contributed by atoms with Gasteiger partial charge in [-0.15, -0.1) is 0 Å². The van der Waals surface area contributed by atoms with Crippen molar-refractivity contribution in [1.29, 1.82) is 0 Å². The van der Waals surface area contributed by atoms with Crippen molar-refractivity contribution in [3.05, 3.63) is 52.4 Å². The van der Waals surface area contributed by atoms with Gasteiger partial charge in [-0.3, -0.25) is 0 Å². The Labute approximate surface area is 118 Å². The lowest BCUT2D eigenvalue weighted by Crippen LogP contribution is -2.17. The molecule has 0 saturated carbocycles. The van der Waals surface area contributed by atoms with Crippen LogP contribution in [0.15, 0.2) is 34.9 Å². The molecule has 0 fully saturated rings. The number of halogens is 1. The number of furan rings is 1. The summed E-state index contributed by atoms with van der Waals surface area (Å²) in [6.45, 7) is 4.40. The lowest BCUT2D eigenvalue weighted by molar-refractivity contribution is 0.199. The third-order valence-corrected chi connectivity index (χ3v) is 3.54. The fourth-order valence-corrected chi connectivity index (χ4v) is 2.34. The molecule has 0 radical (unpaired) electrons. The Kier molecular flexibility index (Phi) is 4.17. The Morgan fingerprint density at radius 1 is 1.37 bits per heavy atom. The molecule has 1 N–H and O–H groups in total. The molecule has 0 spiro atoms. The summed E-state index contributed by atoms with van der Waals surface area (Å²) < 4.78 is 5.29. The quantitative estimate of drug-likeness (QED) is 0.921. The Hall–Kier alpha value is -1.45. The SMILES string of the molecule is Cc1occc1CN(C)c1ccc([C@@H](C)O)cc1Cl. The largest absolute Gasteiger partial charge is 0.469 e. The first-order valence-corrected chi connectivity index (χ1v) is 6.58. The Balaban J connectivity index is 2.20. The molecular formula is C15H18ClNO2. The van der Waals surface area contributed by atoms with E-state index in [1.54, 1.807) is 19.3 Å². The summed E-state index contributed by atoms with van der Waals surface area (Å²) in [5.41, 5.74) is 2.89. The minimum Gasteiger partial charge on any atom is -0.469 e. The first-order chi connectivity index (χ1) is 8.99. The van der Waals surface area contributed by atoms with E-state index in [9.17, 15) is 5.11 Å². The molecule has 102 valence electrons. The molecule has 19 heavy (non-hydrogen) atoms. The molecule has 1 atom stereocenters. The summed E-state index contributed by atoms with van der Waals surface area (Å²) in [5, 5.41) is 10.2. The molecule has 2 aromatic rings. The molecule has 3 nitrogen and oxygen atoms in total. The van der Waals surface area contributed by atoms with Gasteiger partial charge in [0.2, 0.25) is 0 Å². The molecular weight excluding hydrogens is 262 g/mol. The first-order valence-electron chi connectivity index (χ1n) is 6.20. The number of aliphatic hydroxyl groups excluding tert-OH is 1. The summed E-state index contributed by atoms with van der Waals surface area (Å²) >= 11 is 6.27. The fourth-order valence-electron chi connectivity index (χ4n) is 2.01. The summed E-state index contributed by atoms with van der Waals surface area (Å²) in [7, 11) is 1.98. The van der Waals surface area contributed by atoms with Crippen LogP contribution in [0.25, 0.3) is 0 Å². The topological polar surface area (TPSA) is 36.6 Å². The molecule has 0 aliphatic rings. The molecule has 0 aliphatic carbocycles. The van der Waals surface area contributed by atoms with Gasteiger partial charge in [0, 0.05) is 19.2 Å². The van der Waals surface area contributed by atoms with E-state index in [4.69, 9.17) is 16.0 Å². The van der Waals surface area contributed by atoms with Crippen LogP contribution in [-0.2, 0) is 6.54 Å². The zero-order chi connectivity index (χ0) is 14.0. The second-order valence-corrected chi connectivity index (χ2v) is 5.15. The van der Waals surface area contributed by atoms with Crippen molar-refractivity contribution in [2.75, 3.05) is 11.9 Å². The smallest absolute Gasteiger partial charge is 0.105 e. The van der Waals surface area contributed by atoms with Crippen molar-refractivity contribution in [2.45, 2.75) is 26.5 Å². The molecule has 0 unspecified atom stereocenters. The van der Waals surface area contributed by atoms with Gasteiger partial charge in [-0.1, -0.05) is 17.7 Å². The maximum atomic E-state index is 9.54. The van der Waals surface area contributed by atoms with E-state index in [1.165, 1.54) is 0 Å². The number of aryl methyl sites for hydroxylation is 1. The van der Waals surface area contributed by atoms with E-state index in [1.807, 2.05) is 32.2 Å². The van der Waals surface area contributed by atoms with E-state index in [0.29, 0.717) is 5.02 Å². The van der Waals surface area contributed by atoms with Crippen LogP contribution in [0.5, 0.6) is 0 Å². The third kappa shape index (κ3) is 3.11. The van der Waals surface area contributed by atoms with Crippen LogP contribution in [-0.4, -0.2) is 12.2 Å². The van der Waals surface area contributed by atoms with Gasteiger partial charge in [-0.2, -0.15) is 0 Å². The van der Waals surface area contributed by atoms with Crippen molar-refractivity contribution >= 4 is 17.3 Å². The molecule has 0 bridgehead atoms. The monoisotopic (exact) mass is 279 g/mol. The number of hydrogen-bond donors (Lipinski definition) is 1.